The van der Waals surface area contributed by atoms with Gasteiger partial charge in [0.2, 0.25) is 0 Å². The number of halogens is 1. The molecule has 112 valence electrons. The molecule has 1 heterocycles. The van der Waals surface area contributed by atoms with Gasteiger partial charge in [0.25, 0.3) is 0 Å². The van der Waals surface area contributed by atoms with Gasteiger partial charge in [-0.25, -0.2) is 9.97 Å². The third-order valence-electron chi connectivity index (χ3n) is 3.07. The van der Waals surface area contributed by atoms with E-state index in [1.807, 2.05) is 37.4 Å². The fraction of sp³-hybridized carbons (Fsp3) is 0.375. The molecule has 0 saturated carbocycles. The molecule has 0 saturated heterocycles. The molecule has 5 heteroatoms. The maximum absolute atomic E-state index is 5.66. The summed E-state index contributed by atoms with van der Waals surface area (Å²) in [7, 11) is 0. The number of hydrogen-bond acceptors (Lipinski definition) is 4. The van der Waals surface area contributed by atoms with Gasteiger partial charge in [-0.1, -0.05) is 48.0 Å². The Morgan fingerprint density at radius 1 is 1.24 bits per heavy atom. The van der Waals surface area contributed by atoms with Crippen LogP contribution in [0.3, 0.4) is 0 Å². The van der Waals surface area contributed by atoms with Crippen molar-refractivity contribution < 1.29 is 4.74 Å². The lowest BCUT2D eigenvalue weighted by molar-refractivity contribution is 0.279. The number of hydrogen-bond donors (Lipinski definition) is 1. The van der Waals surface area contributed by atoms with Crippen molar-refractivity contribution in [2.45, 2.75) is 40.0 Å². The first-order valence-corrected chi connectivity index (χ1v) is 7.77. The number of benzene rings is 1. The fourth-order valence-corrected chi connectivity index (χ4v) is 2.18. The molecule has 4 nitrogen and oxygen atoms in total. The van der Waals surface area contributed by atoms with Crippen LogP contribution in [0.15, 0.2) is 34.9 Å². The van der Waals surface area contributed by atoms with Crippen LogP contribution in [0.1, 0.15) is 30.7 Å². The van der Waals surface area contributed by atoms with Crippen LogP contribution in [0.5, 0.6) is 6.01 Å². The molecule has 0 aliphatic heterocycles. The zero-order chi connectivity index (χ0) is 15.2. The second-order valence-corrected chi connectivity index (χ2v) is 6.03. The van der Waals surface area contributed by atoms with Gasteiger partial charge in [-0.2, -0.15) is 0 Å². The predicted octanol–water partition coefficient (Wildman–Crippen LogP) is 3.62. The Morgan fingerprint density at radius 3 is 2.67 bits per heavy atom. The highest BCUT2D eigenvalue weighted by Crippen LogP contribution is 2.17. The molecule has 0 spiro atoms. The standard InChI is InChI=1S/C16H20BrN3O/c1-11(2)18-8-14-9-19-16(20-12(14)3)21-10-13-6-4-5-7-15(13)17/h4-7,9,11,18H,8,10H2,1-3H3. The molecule has 0 aliphatic carbocycles. The minimum atomic E-state index is 0.413. The number of aryl methyl sites for hydroxylation is 1. The molecule has 0 fully saturated rings. The van der Waals surface area contributed by atoms with Gasteiger partial charge in [0.15, 0.2) is 0 Å². The summed E-state index contributed by atoms with van der Waals surface area (Å²) in [6, 6.07) is 8.82. The van der Waals surface area contributed by atoms with Gasteiger partial charge in [0.1, 0.15) is 6.61 Å². The van der Waals surface area contributed by atoms with E-state index in [4.69, 9.17) is 4.74 Å². The Labute approximate surface area is 134 Å². The summed E-state index contributed by atoms with van der Waals surface area (Å²) >= 11 is 3.50. The molecular weight excluding hydrogens is 330 g/mol. The molecule has 21 heavy (non-hydrogen) atoms. The summed E-state index contributed by atoms with van der Waals surface area (Å²) in [5, 5.41) is 3.36. The van der Waals surface area contributed by atoms with Crippen molar-refractivity contribution >= 4 is 15.9 Å². The molecule has 2 rings (SSSR count). The van der Waals surface area contributed by atoms with Crippen LogP contribution < -0.4 is 10.1 Å². The minimum Gasteiger partial charge on any atom is -0.459 e. The molecule has 2 aromatic rings. The number of nitrogens with one attached hydrogen (secondary N) is 1. The quantitative estimate of drug-likeness (QED) is 0.864. The zero-order valence-corrected chi connectivity index (χ0v) is 14.1. The molecule has 0 radical (unpaired) electrons. The highest BCUT2D eigenvalue weighted by molar-refractivity contribution is 9.10. The SMILES string of the molecule is Cc1nc(OCc2ccccc2Br)ncc1CNC(C)C. The molecule has 0 aliphatic rings. The highest BCUT2D eigenvalue weighted by Gasteiger charge is 2.06. The monoisotopic (exact) mass is 349 g/mol. The van der Waals surface area contributed by atoms with Crippen molar-refractivity contribution in [3.05, 3.63) is 51.8 Å². The largest absolute Gasteiger partial charge is 0.459 e. The van der Waals surface area contributed by atoms with E-state index < -0.39 is 0 Å². The number of nitrogens with zero attached hydrogens (tertiary/aromatic N) is 2. The third-order valence-corrected chi connectivity index (χ3v) is 3.85. The molecule has 0 unspecified atom stereocenters. The average Bonchev–Trinajstić information content (AvgIpc) is 2.45. The van der Waals surface area contributed by atoms with Crippen LogP contribution in [0.2, 0.25) is 0 Å². The van der Waals surface area contributed by atoms with Crippen LogP contribution in [0, 0.1) is 6.92 Å². The van der Waals surface area contributed by atoms with Gasteiger partial charge in [-0.15, -0.1) is 0 Å². The van der Waals surface area contributed by atoms with E-state index >= 15 is 0 Å². The highest BCUT2D eigenvalue weighted by atomic mass is 79.9. The van der Waals surface area contributed by atoms with Crippen LogP contribution in [0.25, 0.3) is 0 Å². The van der Waals surface area contributed by atoms with Crippen molar-refractivity contribution in [2.24, 2.45) is 0 Å². The minimum absolute atomic E-state index is 0.413. The summed E-state index contributed by atoms with van der Waals surface area (Å²) in [5.41, 5.74) is 3.11. The summed E-state index contributed by atoms with van der Waals surface area (Å²) in [6.45, 7) is 7.43. The van der Waals surface area contributed by atoms with Crippen LogP contribution in [-0.4, -0.2) is 16.0 Å². The van der Waals surface area contributed by atoms with Gasteiger partial charge < -0.3 is 10.1 Å². The van der Waals surface area contributed by atoms with E-state index in [0.717, 1.165) is 27.8 Å². The first-order valence-electron chi connectivity index (χ1n) is 6.98. The summed E-state index contributed by atoms with van der Waals surface area (Å²) < 4.78 is 6.69. The third kappa shape index (κ3) is 4.79. The Balaban J connectivity index is 1.99. The molecule has 1 aromatic carbocycles. The van der Waals surface area contributed by atoms with Gasteiger partial charge in [-0.05, 0) is 13.0 Å². The first-order chi connectivity index (χ1) is 10.1. The van der Waals surface area contributed by atoms with E-state index in [9.17, 15) is 0 Å². The molecule has 0 atom stereocenters. The molecule has 1 aromatic heterocycles. The Bertz CT molecular complexity index is 602. The van der Waals surface area contributed by atoms with Gasteiger partial charge in [0.05, 0.1) is 0 Å². The normalized spacial score (nSPS) is 10.9. The van der Waals surface area contributed by atoms with Crippen LogP contribution in [-0.2, 0) is 13.2 Å². The lowest BCUT2D eigenvalue weighted by Crippen LogP contribution is -2.22. The topological polar surface area (TPSA) is 47.0 Å². The van der Waals surface area contributed by atoms with Crippen LogP contribution >= 0.6 is 15.9 Å². The summed E-state index contributed by atoms with van der Waals surface area (Å²) in [5.74, 6) is 0. The number of rotatable bonds is 6. The van der Waals surface area contributed by atoms with Crippen molar-refractivity contribution in [1.29, 1.82) is 0 Å². The summed E-state index contributed by atoms with van der Waals surface area (Å²) in [6.07, 6.45) is 1.83. The van der Waals surface area contributed by atoms with Crippen molar-refractivity contribution in [3.8, 4) is 6.01 Å². The maximum Gasteiger partial charge on any atom is 0.316 e. The lowest BCUT2D eigenvalue weighted by Gasteiger charge is -2.11. The van der Waals surface area contributed by atoms with Crippen LogP contribution in [0.4, 0.5) is 0 Å². The van der Waals surface area contributed by atoms with Gasteiger partial charge >= 0.3 is 6.01 Å². The zero-order valence-electron chi connectivity index (χ0n) is 12.6. The van der Waals surface area contributed by atoms with E-state index in [1.165, 1.54) is 0 Å². The summed E-state index contributed by atoms with van der Waals surface area (Å²) in [4.78, 5) is 8.68. The Morgan fingerprint density at radius 2 is 2.00 bits per heavy atom. The first kappa shape index (κ1) is 15.9. The van der Waals surface area contributed by atoms with Gasteiger partial charge in [0, 0.05) is 40.1 Å². The van der Waals surface area contributed by atoms with E-state index in [0.29, 0.717) is 18.7 Å². The smallest absolute Gasteiger partial charge is 0.316 e. The Hall–Kier alpha value is -1.46. The van der Waals surface area contributed by atoms with E-state index in [2.05, 4.69) is 45.1 Å². The Kier molecular flexibility index (Phi) is 5.70. The second-order valence-electron chi connectivity index (χ2n) is 5.18. The molecule has 0 bridgehead atoms. The predicted molar refractivity (Wildman–Crippen MR) is 87.2 cm³/mol. The van der Waals surface area contributed by atoms with Crippen molar-refractivity contribution in [3.63, 3.8) is 0 Å². The van der Waals surface area contributed by atoms with E-state index in [-0.39, 0.29) is 0 Å². The molecule has 0 amide bonds. The molecular formula is C16H20BrN3O. The molecule has 1 N–H and O–H groups in total. The second kappa shape index (κ2) is 7.52. The lowest BCUT2D eigenvalue weighted by atomic mass is 10.2. The number of aromatic nitrogens is 2. The van der Waals surface area contributed by atoms with Gasteiger partial charge in [-0.3, -0.25) is 0 Å². The fourth-order valence-electron chi connectivity index (χ4n) is 1.79. The van der Waals surface area contributed by atoms with E-state index in [1.54, 1.807) is 0 Å². The van der Waals surface area contributed by atoms with Crippen molar-refractivity contribution in [2.75, 3.05) is 0 Å². The van der Waals surface area contributed by atoms with Crippen molar-refractivity contribution in [1.82, 2.24) is 15.3 Å². The maximum atomic E-state index is 5.66. The average molecular weight is 350 g/mol. The number of ether oxygens (including phenoxy) is 1.